The van der Waals surface area contributed by atoms with Gasteiger partial charge in [0.15, 0.2) is 17.2 Å². The van der Waals surface area contributed by atoms with Gasteiger partial charge < -0.3 is 19.7 Å². The first-order valence-electron chi connectivity index (χ1n) is 8.06. The molecule has 0 spiro atoms. The lowest BCUT2D eigenvalue weighted by Crippen LogP contribution is -2.47. The van der Waals surface area contributed by atoms with Crippen LogP contribution in [0.5, 0.6) is 17.2 Å². The van der Waals surface area contributed by atoms with Crippen molar-refractivity contribution in [3.63, 3.8) is 0 Å². The average molecular weight is 329 g/mol. The molecule has 0 bridgehead atoms. The van der Waals surface area contributed by atoms with Crippen molar-refractivity contribution in [2.45, 2.75) is 18.6 Å². The van der Waals surface area contributed by atoms with E-state index >= 15 is 0 Å². The van der Waals surface area contributed by atoms with E-state index in [0.717, 1.165) is 23.3 Å². The van der Waals surface area contributed by atoms with Crippen LogP contribution in [0.4, 0.5) is 0 Å². The summed E-state index contributed by atoms with van der Waals surface area (Å²) in [5.74, 6) is 1.33. The van der Waals surface area contributed by atoms with Crippen molar-refractivity contribution in [2.75, 3.05) is 27.3 Å². The van der Waals surface area contributed by atoms with Crippen molar-refractivity contribution in [2.24, 2.45) is 0 Å². The summed E-state index contributed by atoms with van der Waals surface area (Å²) in [7, 11) is 3.45. The van der Waals surface area contributed by atoms with Crippen LogP contribution in [0.25, 0.3) is 0 Å². The summed E-state index contributed by atoms with van der Waals surface area (Å²) in [5.41, 5.74) is 0.818. The first-order valence-corrected chi connectivity index (χ1v) is 8.06. The topological polar surface area (TPSA) is 62.2 Å². The van der Waals surface area contributed by atoms with Gasteiger partial charge in [-0.25, -0.2) is 0 Å². The fourth-order valence-corrected chi connectivity index (χ4v) is 3.12. The number of benzene rings is 2. The second-order valence-electron chi connectivity index (χ2n) is 6.09. The van der Waals surface area contributed by atoms with E-state index in [-0.39, 0.29) is 5.75 Å². The molecule has 0 saturated carbocycles. The molecule has 2 N–H and O–H groups in total. The Balaban J connectivity index is 1.75. The molecule has 1 aliphatic rings. The van der Waals surface area contributed by atoms with Crippen LogP contribution in [-0.4, -0.2) is 42.4 Å². The molecule has 2 aromatic carbocycles. The minimum Gasteiger partial charge on any atom is -0.504 e. The van der Waals surface area contributed by atoms with Gasteiger partial charge in [-0.1, -0.05) is 24.3 Å². The molecule has 0 radical (unpaired) electrons. The molecule has 0 aromatic heterocycles. The summed E-state index contributed by atoms with van der Waals surface area (Å²) in [5, 5.41) is 20.9. The summed E-state index contributed by atoms with van der Waals surface area (Å²) in [6.07, 6.45) is 1.26. The average Bonchev–Trinajstić information content (AvgIpc) is 2.61. The molecule has 0 saturated heterocycles. The first kappa shape index (κ1) is 16.6. The summed E-state index contributed by atoms with van der Waals surface area (Å²) < 4.78 is 10.8. The van der Waals surface area contributed by atoms with E-state index in [2.05, 4.69) is 0 Å². The van der Waals surface area contributed by atoms with E-state index < -0.39 is 5.72 Å². The zero-order valence-electron chi connectivity index (χ0n) is 14.0. The van der Waals surface area contributed by atoms with Crippen LogP contribution < -0.4 is 9.47 Å². The third-order valence-electron chi connectivity index (χ3n) is 4.64. The van der Waals surface area contributed by atoms with E-state index in [9.17, 15) is 10.2 Å². The van der Waals surface area contributed by atoms with Gasteiger partial charge in [-0.05, 0) is 37.2 Å². The number of para-hydroxylation sites is 1. The Morgan fingerprint density at radius 2 is 2.04 bits per heavy atom. The summed E-state index contributed by atoms with van der Waals surface area (Å²) in [4.78, 5) is 1.95. The van der Waals surface area contributed by atoms with Crippen molar-refractivity contribution >= 4 is 0 Å². The Kier molecular flexibility index (Phi) is 4.64. The van der Waals surface area contributed by atoms with E-state index in [1.807, 2.05) is 48.3 Å². The molecule has 1 aliphatic heterocycles. The maximum atomic E-state index is 11.2. The number of hydrogen-bond donors (Lipinski definition) is 2. The number of aliphatic hydroxyl groups is 1. The predicted molar refractivity (Wildman–Crippen MR) is 91.4 cm³/mol. The quantitative estimate of drug-likeness (QED) is 0.825. The van der Waals surface area contributed by atoms with E-state index in [1.165, 1.54) is 7.11 Å². The van der Waals surface area contributed by atoms with Gasteiger partial charge in [0.1, 0.15) is 5.75 Å². The van der Waals surface area contributed by atoms with Crippen molar-refractivity contribution in [3.8, 4) is 17.2 Å². The summed E-state index contributed by atoms with van der Waals surface area (Å²) in [6.45, 7) is 1.16. The number of nitrogens with zero attached hydrogens (tertiary/aromatic N) is 1. The molecule has 1 atom stereocenters. The minimum atomic E-state index is -1.03. The molecule has 3 rings (SSSR count). The molecule has 2 aromatic rings. The van der Waals surface area contributed by atoms with Gasteiger partial charge in [0.2, 0.25) is 0 Å². The molecule has 0 fully saturated rings. The molecule has 1 unspecified atom stereocenters. The number of fused-ring (bicyclic) bond motifs is 1. The second kappa shape index (κ2) is 6.71. The highest BCUT2D eigenvalue weighted by molar-refractivity contribution is 5.42. The van der Waals surface area contributed by atoms with Crippen molar-refractivity contribution in [3.05, 3.63) is 53.6 Å². The van der Waals surface area contributed by atoms with Crippen LogP contribution in [0.3, 0.4) is 0 Å². The SMILES string of the molecule is COc1cc(CCN(C)C2(O)CCOc3ccccc32)ccc1O. The van der Waals surface area contributed by atoms with Crippen LogP contribution in [0.2, 0.25) is 0 Å². The van der Waals surface area contributed by atoms with Crippen LogP contribution >= 0.6 is 0 Å². The van der Waals surface area contributed by atoms with Crippen LogP contribution in [-0.2, 0) is 12.1 Å². The van der Waals surface area contributed by atoms with Crippen LogP contribution in [0.1, 0.15) is 17.5 Å². The fraction of sp³-hybridized carbons (Fsp3) is 0.368. The Bertz CT molecular complexity index is 718. The molecule has 5 heteroatoms. The monoisotopic (exact) mass is 329 g/mol. The smallest absolute Gasteiger partial charge is 0.160 e. The van der Waals surface area contributed by atoms with Gasteiger partial charge in [0, 0.05) is 18.5 Å². The standard InChI is InChI=1S/C19H23NO4/c1-20(11-9-14-7-8-16(21)18(13-14)23-2)19(22)10-12-24-17-6-4-3-5-15(17)19/h3-8,13,21-22H,9-12H2,1-2H3. The lowest BCUT2D eigenvalue weighted by Gasteiger charge is -2.41. The van der Waals surface area contributed by atoms with Gasteiger partial charge in [0.05, 0.1) is 13.7 Å². The first-order chi connectivity index (χ1) is 11.5. The molecule has 128 valence electrons. The molecular weight excluding hydrogens is 306 g/mol. The maximum absolute atomic E-state index is 11.2. The Morgan fingerprint density at radius 3 is 2.83 bits per heavy atom. The Morgan fingerprint density at radius 1 is 1.25 bits per heavy atom. The number of phenols is 1. The molecule has 0 aliphatic carbocycles. The van der Waals surface area contributed by atoms with Crippen LogP contribution in [0, 0.1) is 0 Å². The van der Waals surface area contributed by atoms with Gasteiger partial charge in [-0.3, -0.25) is 4.90 Å². The lowest BCUT2D eigenvalue weighted by atomic mass is 9.94. The normalized spacial score (nSPS) is 19.7. The van der Waals surface area contributed by atoms with Crippen LogP contribution in [0.15, 0.2) is 42.5 Å². The van der Waals surface area contributed by atoms with Crippen molar-refractivity contribution in [1.29, 1.82) is 0 Å². The highest BCUT2D eigenvalue weighted by atomic mass is 16.5. The second-order valence-corrected chi connectivity index (χ2v) is 6.09. The number of ether oxygens (including phenoxy) is 2. The van der Waals surface area contributed by atoms with Gasteiger partial charge in [-0.15, -0.1) is 0 Å². The van der Waals surface area contributed by atoms with Gasteiger partial charge in [-0.2, -0.15) is 0 Å². The third-order valence-corrected chi connectivity index (χ3v) is 4.64. The largest absolute Gasteiger partial charge is 0.504 e. The summed E-state index contributed by atoms with van der Waals surface area (Å²) in [6, 6.07) is 12.9. The number of hydrogen-bond acceptors (Lipinski definition) is 5. The van der Waals surface area contributed by atoms with Crippen molar-refractivity contribution in [1.82, 2.24) is 4.90 Å². The molecule has 5 nitrogen and oxygen atoms in total. The number of methoxy groups -OCH3 is 1. The zero-order valence-corrected chi connectivity index (χ0v) is 14.0. The molecule has 0 amide bonds. The molecular formula is C19H23NO4. The number of aromatic hydroxyl groups is 1. The fourth-order valence-electron chi connectivity index (χ4n) is 3.12. The zero-order chi connectivity index (χ0) is 17.2. The van der Waals surface area contributed by atoms with Gasteiger partial charge >= 0.3 is 0 Å². The maximum Gasteiger partial charge on any atom is 0.160 e. The minimum absolute atomic E-state index is 0.131. The van der Waals surface area contributed by atoms with E-state index in [0.29, 0.717) is 25.3 Å². The lowest BCUT2D eigenvalue weighted by molar-refractivity contribution is -0.125. The third kappa shape index (κ3) is 3.05. The molecule has 24 heavy (non-hydrogen) atoms. The Hall–Kier alpha value is -2.24. The number of likely N-dealkylation sites (N-methyl/N-ethyl adjacent to an activating group) is 1. The number of rotatable bonds is 5. The predicted octanol–water partition coefficient (Wildman–Crippen LogP) is 2.50. The number of phenolic OH excluding ortho intramolecular Hbond substituents is 1. The highest BCUT2D eigenvalue weighted by Crippen LogP contribution is 2.38. The van der Waals surface area contributed by atoms with E-state index in [1.54, 1.807) is 6.07 Å². The summed E-state index contributed by atoms with van der Waals surface area (Å²) >= 11 is 0. The van der Waals surface area contributed by atoms with Gasteiger partial charge in [0.25, 0.3) is 0 Å². The van der Waals surface area contributed by atoms with E-state index in [4.69, 9.17) is 9.47 Å². The highest BCUT2D eigenvalue weighted by Gasteiger charge is 2.38. The molecule has 1 heterocycles. The Labute approximate surface area is 142 Å². The van der Waals surface area contributed by atoms with Crippen molar-refractivity contribution < 1.29 is 19.7 Å².